The van der Waals surface area contributed by atoms with Crippen molar-refractivity contribution in [2.75, 3.05) is 12.8 Å². The second-order valence-electron chi connectivity index (χ2n) is 4.47. The van der Waals surface area contributed by atoms with Crippen LogP contribution in [0.5, 0.6) is 0 Å². The van der Waals surface area contributed by atoms with Crippen molar-refractivity contribution in [3.05, 3.63) is 23.8 Å². The van der Waals surface area contributed by atoms with Crippen LogP contribution >= 0.6 is 0 Å². The first-order valence-electron chi connectivity index (χ1n) is 5.94. The Morgan fingerprint density at radius 3 is 2.21 bits per heavy atom. The molecule has 2 N–H and O–H groups in total. The van der Waals surface area contributed by atoms with Crippen LogP contribution in [0.25, 0.3) is 0 Å². The Labute approximate surface area is 112 Å². The summed E-state index contributed by atoms with van der Waals surface area (Å²) in [6.07, 6.45) is 1.38. The van der Waals surface area contributed by atoms with Crippen LogP contribution in [0.3, 0.4) is 0 Å². The zero-order chi connectivity index (χ0) is 14.8. The van der Waals surface area contributed by atoms with E-state index < -0.39 is 26.6 Å². The molecule has 0 aromatic heterocycles. The molecule has 1 aromatic rings. The summed E-state index contributed by atoms with van der Waals surface area (Å²) >= 11 is 0. The van der Waals surface area contributed by atoms with E-state index in [0.717, 1.165) is 22.9 Å². The molecule has 0 amide bonds. The lowest BCUT2D eigenvalue weighted by Crippen LogP contribution is -2.36. The highest BCUT2D eigenvalue weighted by molar-refractivity contribution is 7.89. The minimum absolute atomic E-state index is 0.154. The summed E-state index contributed by atoms with van der Waals surface area (Å²) in [5.74, 6) is -2.35. The Morgan fingerprint density at radius 1 is 1.32 bits per heavy atom. The molecule has 108 valence electrons. The highest BCUT2D eigenvalue weighted by Gasteiger charge is 2.31. The lowest BCUT2D eigenvalue weighted by Gasteiger charge is -2.24. The molecule has 0 bridgehead atoms. The Balaban J connectivity index is 3.28. The summed E-state index contributed by atoms with van der Waals surface area (Å²) in [5.41, 5.74) is 5.11. The number of sulfonamides is 1. The average Bonchev–Trinajstić information content (AvgIpc) is 2.26. The quantitative estimate of drug-likeness (QED) is 0.847. The fraction of sp³-hybridized carbons (Fsp3) is 0.500. The van der Waals surface area contributed by atoms with E-state index in [0.29, 0.717) is 6.42 Å². The van der Waals surface area contributed by atoms with E-state index in [9.17, 15) is 17.2 Å². The van der Waals surface area contributed by atoms with Gasteiger partial charge in [-0.25, -0.2) is 17.2 Å². The summed E-state index contributed by atoms with van der Waals surface area (Å²) in [6.45, 7) is 3.59. The molecule has 7 heteroatoms. The third-order valence-corrected chi connectivity index (χ3v) is 5.01. The molecule has 1 aromatic carbocycles. The molecule has 0 radical (unpaired) electrons. The summed E-state index contributed by atoms with van der Waals surface area (Å²) in [6, 6.07) is 1.26. The second-order valence-corrected chi connectivity index (χ2v) is 6.41. The van der Waals surface area contributed by atoms with Crippen LogP contribution in [0.1, 0.15) is 26.7 Å². The molecule has 0 aliphatic carbocycles. The van der Waals surface area contributed by atoms with Gasteiger partial charge in [-0.3, -0.25) is 0 Å². The molecule has 4 nitrogen and oxygen atoms in total. The molecule has 0 saturated carbocycles. The first kappa shape index (κ1) is 15.8. The normalized spacial score (nSPS) is 13.8. The van der Waals surface area contributed by atoms with Gasteiger partial charge in [-0.1, -0.05) is 13.3 Å². The Hall–Kier alpha value is -1.21. The van der Waals surface area contributed by atoms with E-state index in [1.807, 2.05) is 6.92 Å². The van der Waals surface area contributed by atoms with E-state index in [1.165, 1.54) is 7.05 Å². The van der Waals surface area contributed by atoms with E-state index in [2.05, 4.69) is 0 Å². The van der Waals surface area contributed by atoms with Gasteiger partial charge in [0.05, 0.1) is 0 Å². The van der Waals surface area contributed by atoms with Crippen molar-refractivity contribution in [3.8, 4) is 0 Å². The molecule has 1 atom stereocenters. The zero-order valence-corrected chi connectivity index (χ0v) is 12.0. The molecule has 0 fully saturated rings. The predicted molar refractivity (Wildman–Crippen MR) is 70.1 cm³/mol. The average molecular weight is 292 g/mol. The predicted octanol–water partition coefficient (Wildman–Crippen LogP) is 2.36. The van der Waals surface area contributed by atoms with E-state index >= 15 is 0 Å². The first-order valence-corrected chi connectivity index (χ1v) is 7.38. The van der Waals surface area contributed by atoms with Gasteiger partial charge in [-0.15, -0.1) is 0 Å². The van der Waals surface area contributed by atoms with Crippen molar-refractivity contribution in [2.24, 2.45) is 0 Å². The Kier molecular flexibility index (Phi) is 4.86. The van der Waals surface area contributed by atoms with Crippen LogP contribution in [0.15, 0.2) is 17.0 Å². The zero-order valence-electron chi connectivity index (χ0n) is 11.2. The lowest BCUT2D eigenvalue weighted by molar-refractivity contribution is 0.363. The smallest absolute Gasteiger partial charge is 0.248 e. The van der Waals surface area contributed by atoms with Crippen LogP contribution in [-0.4, -0.2) is 25.8 Å². The SMILES string of the molecule is CCCC(C)N(C)S(=O)(=O)c1c(F)cc(N)cc1F. The maximum absolute atomic E-state index is 13.7. The monoisotopic (exact) mass is 292 g/mol. The molecule has 0 heterocycles. The van der Waals surface area contributed by atoms with Gasteiger partial charge in [-0.05, 0) is 25.5 Å². The van der Waals surface area contributed by atoms with Crippen LogP contribution in [0.2, 0.25) is 0 Å². The molecule has 19 heavy (non-hydrogen) atoms. The van der Waals surface area contributed by atoms with Crippen molar-refractivity contribution >= 4 is 15.7 Å². The van der Waals surface area contributed by atoms with Crippen molar-refractivity contribution in [3.63, 3.8) is 0 Å². The van der Waals surface area contributed by atoms with Gasteiger partial charge >= 0.3 is 0 Å². The van der Waals surface area contributed by atoms with Crippen molar-refractivity contribution in [1.29, 1.82) is 0 Å². The number of nitrogens with two attached hydrogens (primary N) is 1. The summed E-state index contributed by atoms with van der Waals surface area (Å²) in [4.78, 5) is -0.952. The highest BCUT2D eigenvalue weighted by Crippen LogP contribution is 2.26. The summed E-state index contributed by atoms with van der Waals surface area (Å²) in [5, 5.41) is 0. The summed E-state index contributed by atoms with van der Waals surface area (Å²) < 4.78 is 52.8. The van der Waals surface area contributed by atoms with E-state index in [-0.39, 0.29) is 11.7 Å². The second kappa shape index (κ2) is 5.83. The topological polar surface area (TPSA) is 63.4 Å². The number of nitrogen functional groups attached to an aromatic ring is 1. The van der Waals surface area contributed by atoms with E-state index in [4.69, 9.17) is 5.73 Å². The molecule has 0 spiro atoms. The van der Waals surface area contributed by atoms with Gasteiger partial charge in [0, 0.05) is 18.8 Å². The first-order chi connectivity index (χ1) is 8.71. The van der Waals surface area contributed by atoms with Crippen molar-refractivity contribution in [1.82, 2.24) is 4.31 Å². The van der Waals surface area contributed by atoms with Gasteiger partial charge in [0.15, 0.2) is 4.90 Å². The number of hydrogen-bond donors (Lipinski definition) is 1. The maximum Gasteiger partial charge on any atom is 0.248 e. The van der Waals surface area contributed by atoms with Gasteiger partial charge in [0.25, 0.3) is 0 Å². The number of nitrogens with zero attached hydrogens (tertiary/aromatic N) is 1. The maximum atomic E-state index is 13.7. The lowest BCUT2D eigenvalue weighted by atomic mass is 10.2. The Bertz CT molecular complexity index is 538. The minimum atomic E-state index is -4.21. The number of anilines is 1. The molecule has 0 aliphatic heterocycles. The summed E-state index contributed by atoms with van der Waals surface area (Å²) in [7, 11) is -2.90. The third-order valence-electron chi connectivity index (χ3n) is 2.98. The van der Waals surface area contributed by atoms with Crippen LogP contribution in [0, 0.1) is 11.6 Å². The molecule has 0 saturated heterocycles. The third kappa shape index (κ3) is 3.22. The minimum Gasteiger partial charge on any atom is -0.399 e. The molecular formula is C12H18F2N2O2S. The largest absolute Gasteiger partial charge is 0.399 e. The number of halogens is 2. The van der Waals surface area contributed by atoms with Crippen LogP contribution in [0.4, 0.5) is 14.5 Å². The highest BCUT2D eigenvalue weighted by atomic mass is 32.2. The molecule has 1 rings (SSSR count). The fourth-order valence-corrected chi connectivity index (χ4v) is 3.28. The van der Waals surface area contributed by atoms with Gasteiger partial charge < -0.3 is 5.73 Å². The van der Waals surface area contributed by atoms with Crippen LogP contribution in [-0.2, 0) is 10.0 Å². The van der Waals surface area contributed by atoms with Crippen LogP contribution < -0.4 is 5.73 Å². The van der Waals surface area contributed by atoms with Gasteiger partial charge in [0.1, 0.15) is 11.6 Å². The van der Waals surface area contributed by atoms with Gasteiger partial charge in [0.2, 0.25) is 10.0 Å². The fourth-order valence-electron chi connectivity index (χ4n) is 1.81. The van der Waals surface area contributed by atoms with Gasteiger partial charge in [-0.2, -0.15) is 4.31 Å². The number of hydrogen-bond acceptors (Lipinski definition) is 3. The molecule has 0 aliphatic rings. The molecule has 1 unspecified atom stereocenters. The van der Waals surface area contributed by atoms with E-state index in [1.54, 1.807) is 6.92 Å². The Morgan fingerprint density at radius 2 is 1.79 bits per heavy atom. The number of benzene rings is 1. The molecular weight excluding hydrogens is 274 g/mol. The van der Waals surface area contributed by atoms with Crippen molar-refractivity contribution < 1.29 is 17.2 Å². The number of rotatable bonds is 5. The van der Waals surface area contributed by atoms with Crippen molar-refractivity contribution in [2.45, 2.75) is 37.6 Å². The standard InChI is InChI=1S/C12H18F2N2O2S/c1-4-5-8(2)16(3)19(17,18)12-10(13)6-9(15)7-11(12)14/h6-8H,4-5,15H2,1-3H3.